The van der Waals surface area contributed by atoms with Crippen LogP contribution in [0.2, 0.25) is 5.02 Å². The zero-order valence-corrected chi connectivity index (χ0v) is 10.7. The number of carbonyl (C=O) groups excluding carboxylic acids is 1. The molecule has 1 aromatic carbocycles. The Morgan fingerprint density at radius 3 is 2.41 bits per heavy atom. The van der Waals surface area contributed by atoms with Gasteiger partial charge in [0.05, 0.1) is 0 Å². The summed E-state index contributed by atoms with van der Waals surface area (Å²) in [6.07, 6.45) is 8.33. The zero-order valence-electron chi connectivity index (χ0n) is 9.92. The maximum absolute atomic E-state index is 11.9. The first-order valence-corrected chi connectivity index (χ1v) is 6.58. The molecule has 1 saturated carbocycles. The first kappa shape index (κ1) is 12.4. The lowest BCUT2D eigenvalue weighted by atomic mass is 9.93. The van der Waals surface area contributed by atoms with Crippen molar-refractivity contribution in [1.29, 1.82) is 0 Å². The van der Waals surface area contributed by atoms with Gasteiger partial charge in [0.25, 0.3) is 0 Å². The van der Waals surface area contributed by atoms with Crippen LogP contribution in [-0.2, 0) is 11.2 Å². The molecule has 1 aliphatic rings. The molecule has 1 aliphatic carbocycles. The van der Waals surface area contributed by atoms with Crippen molar-refractivity contribution in [2.45, 2.75) is 38.5 Å². The summed E-state index contributed by atoms with van der Waals surface area (Å²) >= 11 is 5.81. The highest BCUT2D eigenvalue weighted by Crippen LogP contribution is 2.22. The van der Waals surface area contributed by atoms with E-state index >= 15 is 0 Å². The van der Waals surface area contributed by atoms with E-state index in [1.54, 1.807) is 0 Å². The molecule has 0 aromatic heterocycles. The molecule has 1 fully saturated rings. The van der Waals surface area contributed by atoms with Crippen LogP contribution >= 0.6 is 11.6 Å². The predicted molar refractivity (Wildman–Crippen MR) is 71.3 cm³/mol. The Morgan fingerprint density at radius 1 is 1.12 bits per heavy atom. The molecule has 0 N–H and O–H groups in total. The monoisotopic (exact) mass is 248 g/mol. The largest absolute Gasteiger partial charge is 0.294 e. The van der Waals surface area contributed by atoms with Gasteiger partial charge >= 0.3 is 0 Å². The summed E-state index contributed by atoms with van der Waals surface area (Å²) in [7, 11) is 0. The summed E-state index contributed by atoms with van der Waals surface area (Å²) in [5, 5.41) is 0.715. The lowest BCUT2D eigenvalue weighted by Gasteiger charge is -2.12. The lowest BCUT2D eigenvalue weighted by molar-refractivity contribution is -0.114. The fraction of sp³-hybridized carbons (Fsp3) is 0.400. The molecule has 0 heterocycles. The highest BCUT2D eigenvalue weighted by Gasteiger charge is 2.08. The second-order valence-corrected chi connectivity index (χ2v) is 5.07. The summed E-state index contributed by atoms with van der Waals surface area (Å²) in [5.41, 5.74) is 2.36. The molecular formula is C15H17ClO. The zero-order chi connectivity index (χ0) is 12.1. The molecule has 0 atom stereocenters. The fourth-order valence-corrected chi connectivity index (χ4v) is 2.36. The van der Waals surface area contributed by atoms with Crippen LogP contribution in [0.1, 0.15) is 37.7 Å². The van der Waals surface area contributed by atoms with Crippen LogP contribution in [0.4, 0.5) is 0 Å². The minimum Gasteiger partial charge on any atom is -0.294 e. The van der Waals surface area contributed by atoms with Crippen LogP contribution in [0.3, 0.4) is 0 Å². The van der Waals surface area contributed by atoms with Crippen LogP contribution in [-0.4, -0.2) is 5.78 Å². The van der Waals surface area contributed by atoms with Gasteiger partial charge in [-0.3, -0.25) is 4.79 Å². The van der Waals surface area contributed by atoms with Gasteiger partial charge in [0, 0.05) is 11.4 Å². The summed E-state index contributed by atoms with van der Waals surface area (Å²) in [6.45, 7) is 0. The molecule has 2 rings (SSSR count). The van der Waals surface area contributed by atoms with Crippen molar-refractivity contribution in [2.75, 3.05) is 0 Å². The molecule has 1 aromatic rings. The smallest absolute Gasteiger partial charge is 0.160 e. The second-order valence-electron chi connectivity index (χ2n) is 4.63. The Morgan fingerprint density at radius 2 is 1.76 bits per heavy atom. The summed E-state index contributed by atoms with van der Waals surface area (Å²) in [5.74, 6) is 0.212. The van der Waals surface area contributed by atoms with E-state index in [4.69, 9.17) is 11.6 Å². The average Bonchev–Trinajstić information content (AvgIpc) is 2.33. The molecule has 0 radical (unpaired) electrons. The second kappa shape index (κ2) is 6.02. The number of allylic oxidation sites excluding steroid dienone is 2. The highest BCUT2D eigenvalue weighted by molar-refractivity contribution is 6.30. The Bertz CT molecular complexity index is 409. The number of carbonyl (C=O) groups is 1. The molecule has 1 nitrogen and oxygen atoms in total. The number of halogens is 1. The van der Waals surface area contributed by atoms with E-state index in [-0.39, 0.29) is 5.78 Å². The van der Waals surface area contributed by atoms with Gasteiger partial charge in [0.1, 0.15) is 0 Å². The van der Waals surface area contributed by atoms with Crippen molar-refractivity contribution in [3.05, 3.63) is 46.5 Å². The first-order valence-electron chi connectivity index (χ1n) is 6.21. The van der Waals surface area contributed by atoms with Crippen molar-refractivity contribution in [2.24, 2.45) is 0 Å². The molecule has 0 aliphatic heterocycles. The lowest BCUT2D eigenvalue weighted by Crippen LogP contribution is -2.02. The molecule has 90 valence electrons. The van der Waals surface area contributed by atoms with Gasteiger partial charge in [0.15, 0.2) is 5.78 Å². The normalized spacial score (nSPS) is 15.7. The number of ketones is 1. The Hall–Kier alpha value is -1.08. The summed E-state index contributed by atoms with van der Waals surface area (Å²) in [4.78, 5) is 11.9. The third kappa shape index (κ3) is 4.01. The Balaban J connectivity index is 1.94. The molecule has 0 spiro atoms. The molecule has 0 amide bonds. The molecule has 17 heavy (non-hydrogen) atoms. The number of rotatable bonds is 3. The van der Waals surface area contributed by atoms with Gasteiger partial charge in [-0.15, -0.1) is 0 Å². The summed E-state index contributed by atoms with van der Waals surface area (Å²) < 4.78 is 0. The van der Waals surface area contributed by atoms with E-state index in [1.807, 2.05) is 30.3 Å². The van der Waals surface area contributed by atoms with Crippen LogP contribution in [0, 0.1) is 0 Å². The maximum atomic E-state index is 11.9. The fourth-order valence-electron chi connectivity index (χ4n) is 2.23. The summed E-state index contributed by atoms with van der Waals surface area (Å²) in [6, 6.07) is 7.50. The van der Waals surface area contributed by atoms with Gasteiger partial charge in [-0.05, 0) is 49.5 Å². The van der Waals surface area contributed by atoms with Gasteiger partial charge < -0.3 is 0 Å². The van der Waals surface area contributed by atoms with E-state index in [9.17, 15) is 4.79 Å². The molecule has 0 unspecified atom stereocenters. The quantitative estimate of drug-likeness (QED) is 0.727. The minimum atomic E-state index is 0.212. The third-order valence-electron chi connectivity index (χ3n) is 3.15. The molecular weight excluding hydrogens is 232 g/mol. The van der Waals surface area contributed by atoms with Crippen LogP contribution < -0.4 is 0 Å². The van der Waals surface area contributed by atoms with Crippen molar-refractivity contribution >= 4 is 17.4 Å². The van der Waals surface area contributed by atoms with Crippen molar-refractivity contribution in [3.63, 3.8) is 0 Å². The molecule has 0 saturated heterocycles. The Kier molecular flexibility index (Phi) is 4.38. The SMILES string of the molecule is O=C(C=C1CCCCC1)Cc1ccc(Cl)cc1. The highest BCUT2D eigenvalue weighted by atomic mass is 35.5. The van der Waals surface area contributed by atoms with Crippen molar-refractivity contribution in [1.82, 2.24) is 0 Å². The van der Waals surface area contributed by atoms with Crippen LogP contribution in [0.5, 0.6) is 0 Å². The van der Waals surface area contributed by atoms with Gasteiger partial charge in [-0.25, -0.2) is 0 Å². The van der Waals surface area contributed by atoms with Gasteiger partial charge in [-0.1, -0.05) is 35.7 Å². The number of benzene rings is 1. The van der Waals surface area contributed by atoms with E-state index in [2.05, 4.69) is 0 Å². The van der Waals surface area contributed by atoms with Crippen LogP contribution in [0.15, 0.2) is 35.9 Å². The van der Waals surface area contributed by atoms with E-state index in [0.717, 1.165) is 18.4 Å². The van der Waals surface area contributed by atoms with Crippen molar-refractivity contribution in [3.8, 4) is 0 Å². The number of hydrogen-bond acceptors (Lipinski definition) is 1. The van der Waals surface area contributed by atoms with E-state index < -0.39 is 0 Å². The van der Waals surface area contributed by atoms with Crippen molar-refractivity contribution < 1.29 is 4.79 Å². The predicted octanol–water partition coefficient (Wildman–Crippen LogP) is 4.34. The van der Waals surface area contributed by atoms with Gasteiger partial charge in [-0.2, -0.15) is 0 Å². The molecule has 2 heteroatoms. The van der Waals surface area contributed by atoms with E-state index in [0.29, 0.717) is 11.4 Å². The number of hydrogen-bond donors (Lipinski definition) is 0. The van der Waals surface area contributed by atoms with Gasteiger partial charge in [0.2, 0.25) is 0 Å². The Labute approximate surface area is 107 Å². The minimum absolute atomic E-state index is 0.212. The average molecular weight is 249 g/mol. The third-order valence-corrected chi connectivity index (χ3v) is 3.40. The standard InChI is InChI=1S/C15H17ClO/c16-14-8-6-13(7-9-14)11-15(17)10-12-4-2-1-3-5-12/h6-10H,1-5,11H2. The topological polar surface area (TPSA) is 17.1 Å². The maximum Gasteiger partial charge on any atom is 0.160 e. The van der Waals surface area contributed by atoms with Crippen LogP contribution in [0.25, 0.3) is 0 Å². The first-order chi connectivity index (χ1) is 8.24. The molecule has 0 bridgehead atoms. The van der Waals surface area contributed by atoms with E-state index in [1.165, 1.54) is 24.8 Å².